The molecule has 9 heteroatoms. The van der Waals surface area contributed by atoms with E-state index in [4.69, 9.17) is 0 Å². The molecular formula is C9H12N4O3S2. The van der Waals surface area contributed by atoms with Crippen molar-refractivity contribution in [1.82, 2.24) is 19.5 Å². The van der Waals surface area contributed by atoms with Crippen LogP contribution in [-0.2, 0) is 16.6 Å². The van der Waals surface area contributed by atoms with Gasteiger partial charge in [0.05, 0.1) is 6.54 Å². The molecule has 0 aliphatic heterocycles. The molecule has 0 aliphatic rings. The second kappa shape index (κ2) is 5.04. The zero-order chi connectivity index (χ0) is 13.2. The maximum atomic E-state index is 11.9. The minimum Gasteiger partial charge on any atom is -0.315 e. The lowest BCUT2D eigenvalue weighted by Crippen LogP contribution is -2.27. The van der Waals surface area contributed by atoms with E-state index in [1.807, 2.05) is 0 Å². The summed E-state index contributed by atoms with van der Waals surface area (Å²) in [5, 5.41) is 3.96. The third kappa shape index (κ3) is 2.86. The fourth-order valence-electron chi connectivity index (χ4n) is 1.44. The first-order valence-electron chi connectivity index (χ1n) is 5.16. The van der Waals surface area contributed by atoms with Crippen LogP contribution in [-0.4, -0.2) is 29.7 Å². The molecule has 0 saturated carbocycles. The lowest BCUT2D eigenvalue weighted by Gasteiger charge is -2.05. The van der Waals surface area contributed by atoms with Crippen molar-refractivity contribution < 1.29 is 8.42 Å². The van der Waals surface area contributed by atoms with Crippen LogP contribution in [0.25, 0.3) is 0 Å². The van der Waals surface area contributed by atoms with E-state index in [0.29, 0.717) is 23.6 Å². The number of nitrogens with zero attached hydrogens (tertiary/aromatic N) is 2. The number of aromatic amines is 1. The SMILES string of the molecule is Cc1[nH]c(=O)sc1S(=O)(=O)NCCn1cccn1. The monoisotopic (exact) mass is 288 g/mol. The highest BCUT2D eigenvalue weighted by Gasteiger charge is 2.19. The Bertz CT molecular complexity index is 669. The van der Waals surface area contributed by atoms with E-state index in [1.165, 1.54) is 0 Å². The molecule has 98 valence electrons. The molecule has 0 bridgehead atoms. The first-order chi connectivity index (χ1) is 8.49. The number of aromatic nitrogens is 3. The molecule has 0 radical (unpaired) electrons. The predicted molar refractivity (Wildman–Crippen MR) is 67.1 cm³/mol. The Labute approximate surface area is 108 Å². The number of rotatable bonds is 5. The van der Waals surface area contributed by atoms with Crippen molar-refractivity contribution >= 4 is 21.4 Å². The van der Waals surface area contributed by atoms with Crippen LogP contribution in [0.2, 0.25) is 0 Å². The first-order valence-corrected chi connectivity index (χ1v) is 7.46. The maximum Gasteiger partial charge on any atom is 0.305 e. The Hall–Kier alpha value is -1.45. The number of hydrogen-bond acceptors (Lipinski definition) is 5. The van der Waals surface area contributed by atoms with Gasteiger partial charge in [-0.15, -0.1) is 0 Å². The Morgan fingerprint density at radius 2 is 2.33 bits per heavy atom. The van der Waals surface area contributed by atoms with E-state index >= 15 is 0 Å². The van der Waals surface area contributed by atoms with Gasteiger partial charge in [-0.25, -0.2) is 13.1 Å². The lowest BCUT2D eigenvalue weighted by molar-refractivity contribution is 0.562. The fraction of sp³-hybridized carbons (Fsp3) is 0.333. The highest BCUT2D eigenvalue weighted by atomic mass is 32.2. The fourth-order valence-corrected chi connectivity index (χ4v) is 3.80. The largest absolute Gasteiger partial charge is 0.315 e. The summed E-state index contributed by atoms with van der Waals surface area (Å²) < 4.78 is 27.9. The topological polar surface area (TPSA) is 96.9 Å². The van der Waals surface area contributed by atoms with Gasteiger partial charge in [0.15, 0.2) is 4.21 Å². The molecule has 0 amide bonds. The van der Waals surface area contributed by atoms with E-state index in [1.54, 1.807) is 30.1 Å². The van der Waals surface area contributed by atoms with Gasteiger partial charge in [-0.05, 0) is 13.0 Å². The van der Waals surface area contributed by atoms with Crippen LogP contribution in [0.15, 0.2) is 27.5 Å². The summed E-state index contributed by atoms with van der Waals surface area (Å²) in [6.45, 7) is 2.21. The van der Waals surface area contributed by atoms with Crippen LogP contribution >= 0.6 is 11.3 Å². The summed E-state index contributed by atoms with van der Waals surface area (Å²) in [6.07, 6.45) is 3.37. The smallest absolute Gasteiger partial charge is 0.305 e. The van der Waals surface area contributed by atoms with Gasteiger partial charge >= 0.3 is 4.87 Å². The zero-order valence-corrected chi connectivity index (χ0v) is 11.2. The van der Waals surface area contributed by atoms with Gasteiger partial charge in [-0.1, -0.05) is 11.3 Å². The van der Waals surface area contributed by atoms with Gasteiger partial charge in [-0.3, -0.25) is 9.48 Å². The van der Waals surface area contributed by atoms with Crippen molar-refractivity contribution in [3.05, 3.63) is 33.8 Å². The van der Waals surface area contributed by atoms with E-state index in [9.17, 15) is 13.2 Å². The van der Waals surface area contributed by atoms with E-state index in [0.717, 1.165) is 0 Å². The molecule has 2 rings (SSSR count). The highest BCUT2D eigenvalue weighted by Crippen LogP contribution is 2.14. The Morgan fingerprint density at radius 3 is 2.89 bits per heavy atom. The van der Waals surface area contributed by atoms with Crippen LogP contribution in [0, 0.1) is 6.92 Å². The Balaban J connectivity index is 2.04. The quantitative estimate of drug-likeness (QED) is 0.804. The third-order valence-corrected chi connectivity index (χ3v) is 5.28. The van der Waals surface area contributed by atoms with Gasteiger partial charge in [0.1, 0.15) is 0 Å². The summed E-state index contributed by atoms with van der Waals surface area (Å²) in [5.41, 5.74) is 0.358. The zero-order valence-electron chi connectivity index (χ0n) is 9.58. The normalized spacial score (nSPS) is 11.8. The summed E-state index contributed by atoms with van der Waals surface area (Å²) in [5.74, 6) is 0. The summed E-state index contributed by atoms with van der Waals surface area (Å²) in [7, 11) is -3.63. The van der Waals surface area contributed by atoms with Crippen LogP contribution in [0.5, 0.6) is 0 Å². The maximum absolute atomic E-state index is 11.9. The summed E-state index contributed by atoms with van der Waals surface area (Å²) >= 11 is 0.685. The molecule has 7 nitrogen and oxygen atoms in total. The van der Waals surface area contributed by atoms with Crippen LogP contribution in [0.1, 0.15) is 5.69 Å². The molecule has 0 spiro atoms. The number of hydrogen-bond donors (Lipinski definition) is 2. The molecule has 2 heterocycles. The minimum atomic E-state index is -3.63. The molecule has 0 saturated heterocycles. The lowest BCUT2D eigenvalue weighted by atomic mass is 10.6. The second-order valence-electron chi connectivity index (χ2n) is 3.59. The van der Waals surface area contributed by atoms with Gasteiger partial charge in [0, 0.05) is 24.6 Å². The third-order valence-electron chi connectivity index (χ3n) is 2.22. The van der Waals surface area contributed by atoms with Crippen molar-refractivity contribution in [3.63, 3.8) is 0 Å². The van der Waals surface area contributed by atoms with Crippen molar-refractivity contribution in [2.75, 3.05) is 6.54 Å². The average molecular weight is 288 g/mol. The number of H-pyrrole nitrogens is 1. The van der Waals surface area contributed by atoms with Gasteiger partial charge in [0.2, 0.25) is 0 Å². The average Bonchev–Trinajstić information content (AvgIpc) is 2.88. The number of thiazole rings is 1. The molecule has 0 aromatic carbocycles. The first kappa shape index (κ1) is 13.0. The molecule has 18 heavy (non-hydrogen) atoms. The molecule has 2 aromatic rings. The summed E-state index contributed by atoms with van der Waals surface area (Å²) in [4.78, 5) is 13.1. The number of sulfonamides is 1. The van der Waals surface area contributed by atoms with Crippen molar-refractivity contribution in [2.45, 2.75) is 17.7 Å². The minimum absolute atomic E-state index is 0.0352. The van der Waals surface area contributed by atoms with Crippen LogP contribution < -0.4 is 9.60 Å². The molecular weight excluding hydrogens is 276 g/mol. The van der Waals surface area contributed by atoms with E-state index in [2.05, 4.69) is 14.8 Å². The number of aryl methyl sites for hydroxylation is 1. The molecule has 2 aromatic heterocycles. The standard InChI is InChI=1S/C9H12N4O3S2/c1-7-8(17-9(14)12-7)18(15,16)11-4-6-13-5-2-3-10-13/h2-3,5,11H,4,6H2,1H3,(H,12,14). The number of nitrogens with one attached hydrogen (secondary N) is 2. The van der Waals surface area contributed by atoms with Crippen molar-refractivity contribution in [2.24, 2.45) is 0 Å². The molecule has 0 atom stereocenters. The molecule has 0 aliphatic carbocycles. The van der Waals surface area contributed by atoms with Crippen LogP contribution in [0.3, 0.4) is 0 Å². The van der Waals surface area contributed by atoms with Gasteiger partial charge < -0.3 is 4.98 Å². The molecule has 0 unspecified atom stereocenters. The predicted octanol–water partition coefficient (Wildman–Crippen LogP) is -0.0802. The van der Waals surface area contributed by atoms with E-state index in [-0.39, 0.29) is 15.6 Å². The molecule has 2 N–H and O–H groups in total. The van der Waals surface area contributed by atoms with Crippen molar-refractivity contribution in [1.29, 1.82) is 0 Å². The Morgan fingerprint density at radius 1 is 1.56 bits per heavy atom. The van der Waals surface area contributed by atoms with Crippen molar-refractivity contribution in [3.8, 4) is 0 Å². The molecule has 0 fully saturated rings. The summed E-state index contributed by atoms with van der Waals surface area (Å²) in [6, 6.07) is 1.76. The van der Waals surface area contributed by atoms with Gasteiger partial charge in [0.25, 0.3) is 10.0 Å². The second-order valence-corrected chi connectivity index (χ2v) is 6.54. The highest BCUT2D eigenvalue weighted by molar-refractivity contribution is 7.91. The van der Waals surface area contributed by atoms with Crippen LogP contribution in [0.4, 0.5) is 0 Å². The van der Waals surface area contributed by atoms with E-state index < -0.39 is 10.0 Å². The Kier molecular flexibility index (Phi) is 3.64. The van der Waals surface area contributed by atoms with Gasteiger partial charge in [-0.2, -0.15) is 5.10 Å².